The Morgan fingerprint density at radius 3 is 2.65 bits per heavy atom. The van der Waals surface area contributed by atoms with Gasteiger partial charge in [0.05, 0.1) is 11.1 Å². The van der Waals surface area contributed by atoms with Gasteiger partial charge in [0, 0.05) is 17.1 Å². The Kier molecular flexibility index (Phi) is 2.41. The first-order valence-corrected chi connectivity index (χ1v) is 7.00. The number of pyridine rings is 1. The van der Waals surface area contributed by atoms with E-state index in [1.54, 1.807) is 0 Å². The van der Waals surface area contributed by atoms with Crippen molar-refractivity contribution in [3.8, 4) is 0 Å². The summed E-state index contributed by atoms with van der Waals surface area (Å²) >= 11 is 0. The molecule has 3 aromatic rings. The summed E-state index contributed by atoms with van der Waals surface area (Å²) in [7, 11) is 0. The molecular formula is C18H16N2. The van der Waals surface area contributed by atoms with E-state index >= 15 is 0 Å². The van der Waals surface area contributed by atoms with Crippen molar-refractivity contribution >= 4 is 10.9 Å². The van der Waals surface area contributed by atoms with Gasteiger partial charge in [0.25, 0.3) is 0 Å². The molecule has 2 nitrogen and oxygen atoms in total. The molecule has 0 bridgehead atoms. The molecule has 2 aromatic carbocycles. The molecule has 0 fully saturated rings. The highest BCUT2D eigenvalue weighted by Crippen LogP contribution is 2.41. The van der Waals surface area contributed by atoms with Gasteiger partial charge >= 0.3 is 0 Å². The first kappa shape index (κ1) is 11.6. The Balaban J connectivity index is 2.01. The van der Waals surface area contributed by atoms with Gasteiger partial charge in [-0.1, -0.05) is 48.5 Å². The molecular weight excluding hydrogens is 244 g/mol. The lowest BCUT2D eigenvalue weighted by atomic mass is 9.84. The number of nitrogens with zero attached hydrogens (tertiary/aromatic N) is 1. The van der Waals surface area contributed by atoms with Crippen LogP contribution in [0.25, 0.3) is 10.9 Å². The zero-order valence-corrected chi connectivity index (χ0v) is 11.2. The predicted octanol–water partition coefficient (Wildman–Crippen LogP) is 3.38. The second kappa shape index (κ2) is 4.15. The van der Waals surface area contributed by atoms with Gasteiger partial charge in [-0.15, -0.1) is 0 Å². The maximum atomic E-state index is 6.82. The van der Waals surface area contributed by atoms with Gasteiger partial charge in [-0.25, -0.2) is 0 Å². The van der Waals surface area contributed by atoms with Crippen molar-refractivity contribution in [3.05, 3.63) is 77.5 Å². The molecule has 98 valence electrons. The van der Waals surface area contributed by atoms with E-state index in [0.29, 0.717) is 0 Å². The van der Waals surface area contributed by atoms with Crippen molar-refractivity contribution in [3.63, 3.8) is 0 Å². The van der Waals surface area contributed by atoms with Crippen molar-refractivity contribution in [2.24, 2.45) is 5.73 Å². The first-order chi connectivity index (χ1) is 9.79. The lowest BCUT2D eigenvalue weighted by Gasteiger charge is -2.27. The van der Waals surface area contributed by atoms with E-state index in [1.165, 1.54) is 11.1 Å². The second-order valence-electron chi connectivity index (χ2n) is 5.51. The van der Waals surface area contributed by atoms with Crippen LogP contribution in [0.2, 0.25) is 0 Å². The van der Waals surface area contributed by atoms with Crippen LogP contribution >= 0.6 is 0 Å². The Labute approximate surface area is 118 Å². The molecule has 0 amide bonds. The standard InChI is InChI=1S/C18H16N2/c19-18(11-10-13-5-1-2-8-15(13)18)16-9-3-6-14-7-4-12-20-17(14)16/h1-9,12H,10-11,19H2. The van der Waals surface area contributed by atoms with E-state index in [9.17, 15) is 0 Å². The van der Waals surface area contributed by atoms with Crippen molar-refractivity contribution in [2.75, 3.05) is 0 Å². The molecule has 0 saturated heterocycles. The van der Waals surface area contributed by atoms with E-state index < -0.39 is 5.54 Å². The minimum absolute atomic E-state index is 0.412. The van der Waals surface area contributed by atoms with Gasteiger partial charge in [0.2, 0.25) is 0 Å². The fourth-order valence-electron chi connectivity index (χ4n) is 3.38. The fraction of sp³-hybridized carbons (Fsp3) is 0.167. The van der Waals surface area contributed by atoms with E-state index in [2.05, 4.69) is 53.5 Å². The fourth-order valence-corrected chi connectivity index (χ4v) is 3.38. The van der Waals surface area contributed by atoms with Crippen LogP contribution in [0.15, 0.2) is 60.8 Å². The molecule has 1 aliphatic rings. The summed E-state index contributed by atoms with van der Waals surface area (Å²) in [6.45, 7) is 0. The van der Waals surface area contributed by atoms with Crippen LogP contribution in [-0.4, -0.2) is 4.98 Å². The average Bonchev–Trinajstić information content (AvgIpc) is 2.86. The molecule has 2 heteroatoms. The Bertz CT molecular complexity index is 789. The lowest BCUT2D eigenvalue weighted by molar-refractivity contribution is 0.538. The van der Waals surface area contributed by atoms with Gasteiger partial charge in [0.1, 0.15) is 0 Å². The van der Waals surface area contributed by atoms with Crippen LogP contribution < -0.4 is 5.73 Å². The number of hydrogen-bond donors (Lipinski definition) is 1. The quantitative estimate of drug-likeness (QED) is 0.728. The summed E-state index contributed by atoms with van der Waals surface area (Å²) in [6.07, 6.45) is 3.83. The maximum Gasteiger partial charge on any atom is 0.0755 e. The summed E-state index contributed by atoms with van der Waals surface area (Å²) < 4.78 is 0. The number of rotatable bonds is 1. The van der Waals surface area contributed by atoms with Gasteiger partial charge in [-0.3, -0.25) is 4.98 Å². The molecule has 1 atom stereocenters. The first-order valence-electron chi connectivity index (χ1n) is 7.00. The number of hydrogen-bond acceptors (Lipinski definition) is 2. The smallest absolute Gasteiger partial charge is 0.0755 e. The summed E-state index contributed by atoms with van der Waals surface area (Å²) in [5, 5.41) is 1.15. The van der Waals surface area contributed by atoms with Gasteiger partial charge in [0.15, 0.2) is 0 Å². The van der Waals surface area contributed by atoms with Crippen molar-refractivity contribution in [2.45, 2.75) is 18.4 Å². The van der Waals surface area contributed by atoms with E-state index in [-0.39, 0.29) is 0 Å². The normalized spacial score (nSPS) is 21.1. The highest BCUT2D eigenvalue weighted by atomic mass is 14.8. The summed E-state index contributed by atoms with van der Waals surface area (Å²) in [4.78, 5) is 4.56. The van der Waals surface area contributed by atoms with Crippen molar-refractivity contribution < 1.29 is 0 Å². The monoisotopic (exact) mass is 260 g/mol. The zero-order chi connectivity index (χ0) is 13.6. The third-order valence-electron chi connectivity index (χ3n) is 4.40. The number of nitrogens with two attached hydrogens (primary N) is 1. The number of aryl methyl sites for hydroxylation is 1. The minimum atomic E-state index is -0.412. The van der Waals surface area contributed by atoms with Crippen LogP contribution in [0.5, 0.6) is 0 Å². The molecule has 0 saturated carbocycles. The topological polar surface area (TPSA) is 38.9 Å². The number of aromatic nitrogens is 1. The van der Waals surface area contributed by atoms with E-state index in [1.807, 2.05) is 12.3 Å². The second-order valence-corrected chi connectivity index (χ2v) is 5.51. The maximum absolute atomic E-state index is 6.82. The molecule has 1 aromatic heterocycles. The van der Waals surface area contributed by atoms with Crippen LogP contribution in [0.1, 0.15) is 23.1 Å². The molecule has 2 N–H and O–H groups in total. The molecule has 0 spiro atoms. The Hall–Kier alpha value is -2.19. The third-order valence-corrected chi connectivity index (χ3v) is 4.40. The van der Waals surface area contributed by atoms with Gasteiger partial charge < -0.3 is 5.73 Å². The Morgan fingerprint density at radius 2 is 1.70 bits per heavy atom. The zero-order valence-electron chi connectivity index (χ0n) is 11.2. The van der Waals surface area contributed by atoms with Gasteiger partial charge in [-0.05, 0) is 30.0 Å². The van der Waals surface area contributed by atoms with Crippen LogP contribution in [-0.2, 0) is 12.0 Å². The van der Waals surface area contributed by atoms with E-state index in [0.717, 1.165) is 29.3 Å². The van der Waals surface area contributed by atoms with Crippen LogP contribution in [0.3, 0.4) is 0 Å². The molecule has 0 radical (unpaired) electrons. The summed E-state index contributed by atoms with van der Waals surface area (Å²) in [5.41, 5.74) is 11.2. The molecule has 1 aliphatic carbocycles. The third kappa shape index (κ3) is 1.52. The SMILES string of the molecule is NC1(c2cccc3cccnc23)CCc2ccccc21. The molecule has 1 unspecified atom stereocenters. The highest BCUT2D eigenvalue weighted by molar-refractivity contribution is 5.83. The lowest BCUT2D eigenvalue weighted by Crippen LogP contribution is -2.35. The Morgan fingerprint density at radius 1 is 0.900 bits per heavy atom. The molecule has 4 rings (SSSR count). The van der Waals surface area contributed by atoms with E-state index in [4.69, 9.17) is 5.73 Å². The van der Waals surface area contributed by atoms with Crippen LogP contribution in [0.4, 0.5) is 0 Å². The number of para-hydroxylation sites is 1. The van der Waals surface area contributed by atoms with Crippen molar-refractivity contribution in [1.29, 1.82) is 0 Å². The predicted molar refractivity (Wildman–Crippen MR) is 81.5 cm³/mol. The average molecular weight is 260 g/mol. The van der Waals surface area contributed by atoms with Crippen LogP contribution in [0, 0.1) is 0 Å². The van der Waals surface area contributed by atoms with Crippen molar-refractivity contribution in [1.82, 2.24) is 4.98 Å². The minimum Gasteiger partial charge on any atom is -0.318 e. The summed E-state index contributed by atoms with van der Waals surface area (Å²) in [6, 6.07) is 18.9. The molecule has 20 heavy (non-hydrogen) atoms. The van der Waals surface area contributed by atoms with Gasteiger partial charge in [-0.2, -0.15) is 0 Å². The number of benzene rings is 2. The largest absolute Gasteiger partial charge is 0.318 e. The number of fused-ring (bicyclic) bond motifs is 2. The molecule has 1 heterocycles. The highest BCUT2D eigenvalue weighted by Gasteiger charge is 2.37. The summed E-state index contributed by atoms with van der Waals surface area (Å²) in [5.74, 6) is 0. The molecule has 0 aliphatic heterocycles.